The van der Waals surface area contributed by atoms with E-state index < -0.39 is 6.04 Å². The van der Waals surface area contributed by atoms with Crippen LogP contribution >= 0.6 is 0 Å². The predicted octanol–water partition coefficient (Wildman–Crippen LogP) is 4.69. The number of amides is 3. The molecule has 2 N–H and O–H groups in total. The molecule has 2 aliphatic heterocycles. The average molecular weight is 579 g/mol. The first-order valence-electron chi connectivity index (χ1n) is 15.4. The number of nitrogens with zero attached hydrogens (tertiary/aromatic N) is 4. The van der Waals surface area contributed by atoms with Gasteiger partial charge in [0.05, 0.1) is 0 Å². The van der Waals surface area contributed by atoms with Gasteiger partial charge in [-0.3, -0.25) is 9.69 Å². The second kappa shape index (κ2) is 13.0. The van der Waals surface area contributed by atoms with Gasteiger partial charge in [0.25, 0.3) is 0 Å². The summed E-state index contributed by atoms with van der Waals surface area (Å²) < 4.78 is 0. The molecule has 3 heterocycles. The third-order valence-electron chi connectivity index (χ3n) is 8.81. The number of hydrogen-bond acceptors (Lipinski definition) is 4. The molecule has 3 amide bonds. The number of benzene rings is 3. The van der Waals surface area contributed by atoms with Crippen LogP contribution in [0.5, 0.6) is 0 Å². The average Bonchev–Trinajstić information content (AvgIpc) is 3.47. The molecule has 1 fully saturated rings. The van der Waals surface area contributed by atoms with Crippen molar-refractivity contribution < 1.29 is 9.59 Å². The maximum absolute atomic E-state index is 14.6. The fourth-order valence-electron chi connectivity index (χ4n) is 6.62. The van der Waals surface area contributed by atoms with Crippen LogP contribution in [0.2, 0.25) is 0 Å². The van der Waals surface area contributed by atoms with Crippen LogP contribution in [-0.2, 0) is 17.8 Å². The number of likely N-dealkylation sites (N-methyl/N-ethyl adjacent to an activating group) is 1. The third kappa shape index (κ3) is 6.45. The Kier molecular flexibility index (Phi) is 8.77. The Bertz CT molecular complexity index is 1540. The van der Waals surface area contributed by atoms with Crippen molar-refractivity contribution in [2.75, 3.05) is 58.3 Å². The number of aromatic nitrogens is 1. The number of para-hydroxylation sites is 2. The second-order valence-electron chi connectivity index (χ2n) is 12.1. The summed E-state index contributed by atoms with van der Waals surface area (Å²) in [5, 5.41) is 4.35. The smallest absolute Gasteiger partial charge is 0.318 e. The molecule has 0 bridgehead atoms. The number of carbonyl (C=O) groups excluding carboxylic acids is 2. The lowest BCUT2D eigenvalue weighted by molar-refractivity contribution is -0.121. The van der Waals surface area contributed by atoms with Crippen LogP contribution in [0.4, 0.5) is 10.5 Å². The zero-order valence-corrected chi connectivity index (χ0v) is 25.2. The molecular weight excluding hydrogens is 536 g/mol. The maximum Gasteiger partial charge on any atom is 0.318 e. The number of aryl methyl sites for hydroxylation is 1. The standard InChI is InChI=1S/C35H42N6O2/c1-38(2)25-30(29-23-36-31-16-8-7-15-28(29)31)33(34(42)41-18-10-14-27-13-6-9-17-32(27)41)37-35(43)40-21-19-39(20-22-40)24-26-11-4-3-5-12-26/h3-9,11-13,15-17,23,30,33,36H,10,14,18-22,24-25H2,1-2H3,(H,37,43)/t30-,33+/m0/s1. The second-order valence-corrected chi connectivity index (χ2v) is 12.1. The molecule has 8 heteroatoms. The van der Waals surface area contributed by atoms with Crippen LogP contribution in [0.25, 0.3) is 10.9 Å². The Hall–Kier alpha value is -4.14. The van der Waals surface area contributed by atoms with Crippen molar-refractivity contribution in [3.8, 4) is 0 Å². The van der Waals surface area contributed by atoms with Crippen molar-refractivity contribution in [1.82, 2.24) is 25.0 Å². The van der Waals surface area contributed by atoms with Gasteiger partial charge in [-0.1, -0.05) is 66.7 Å². The fraction of sp³-hybridized carbons (Fsp3) is 0.371. The summed E-state index contributed by atoms with van der Waals surface area (Å²) in [5.41, 5.74) is 5.48. The van der Waals surface area contributed by atoms with E-state index in [1.807, 2.05) is 66.5 Å². The lowest BCUT2D eigenvalue weighted by Gasteiger charge is -2.39. The number of anilines is 1. The Morgan fingerprint density at radius 3 is 2.40 bits per heavy atom. The highest BCUT2D eigenvalue weighted by atomic mass is 16.2. The summed E-state index contributed by atoms with van der Waals surface area (Å²) >= 11 is 0. The van der Waals surface area contributed by atoms with Crippen molar-refractivity contribution in [1.29, 1.82) is 0 Å². The molecule has 1 aromatic heterocycles. The van der Waals surface area contributed by atoms with E-state index in [4.69, 9.17) is 0 Å². The summed E-state index contributed by atoms with van der Waals surface area (Å²) in [6, 6.07) is 25.9. The number of rotatable bonds is 8. The highest BCUT2D eigenvalue weighted by molar-refractivity contribution is 6.01. The number of aromatic amines is 1. The number of H-pyrrole nitrogens is 1. The van der Waals surface area contributed by atoms with E-state index in [-0.39, 0.29) is 17.9 Å². The molecule has 0 radical (unpaired) electrons. The molecule has 3 aromatic carbocycles. The molecule has 0 aliphatic carbocycles. The number of nitrogens with one attached hydrogen (secondary N) is 2. The van der Waals surface area contributed by atoms with Crippen molar-refractivity contribution >= 4 is 28.5 Å². The van der Waals surface area contributed by atoms with Gasteiger partial charge in [0.2, 0.25) is 5.91 Å². The number of piperazine rings is 1. The number of carbonyl (C=O) groups is 2. The Morgan fingerprint density at radius 2 is 1.60 bits per heavy atom. The summed E-state index contributed by atoms with van der Waals surface area (Å²) in [6.07, 6.45) is 3.86. The van der Waals surface area contributed by atoms with E-state index >= 15 is 0 Å². The van der Waals surface area contributed by atoms with Gasteiger partial charge in [-0.2, -0.15) is 0 Å². The maximum atomic E-state index is 14.6. The Balaban J connectivity index is 1.27. The lowest BCUT2D eigenvalue weighted by Crippen LogP contribution is -2.59. The monoisotopic (exact) mass is 578 g/mol. The lowest BCUT2D eigenvalue weighted by atomic mass is 9.88. The molecule has 4 aromatic rings. The number of urea groups is 1. The largest absolute Gasteiger partial charge is 0.361 e. The Morgan fingerprint density at radius 1 is 0.884 bits per heavy atom. The van der Waals surface area contributed by atoms with Crippen LogP contribution < -0.4 is 10.2 Å². The summed E-state index contributed by atoms with van der Waals surface area (Å²) in [7, 11) is 4.04. The van der Waals surface area contributed by atoms with Gasteiger partial charge < -0.3 is 25.0 Å². The molecule has 6 rings (SSSR count). The minimum Gasteiger partial charge on any atom is -0.361 e. The van der Waals surface area contributed by atoms with E-state index in [0.29, 0.717) is 26.2 Å². The van der Waals surface area contributed by atoms with Crippen LogP contribution in [0.3, 0.4) is 0 Å². The van der Waals surface area contributed by atoms with Gasteiger partial charge in [-0.15, -0.1) is 0 Å². The van der Waals surface area contributed by atoms with E-state index in [9.17, 15) is 9.59 Å². The fourth-order valence-corrected chi connectivity index (χ4v) is 6.62. The first kappa shape index (κ1) is 29.0. The predicted molar refractivity (Wildman–Crippen MR) is 172 cm³/mol. The first-order valence-corrected chi connectivity index (χ1v) is 15.4. The van der Waals surface area contributed by atoms with Gasteiger partial charge >= 0.3 is 6.03 Å². The summed E-state index contributed by atoms with van der Waals surface area (Å²) in [5.74, 6) is -0.309. The summed E-state index contributed by atoms with van der Waals surface area (Å²) in [6.45, 7) is 4.96. The van der Waals surface area contributed by atoms with Gasteiger partial charge in [-0.05, 0) is 55.8 Å². The minimum absolute atomic E-state index is 0.0552. The molecule has 8 nitrogen and oxygen atoms in total. The topological polar surface area (TPSA) is 74.9 Å². The van der Waals surface area contributed by atoms with Crippen LogP contribution in [0.15, 0.2) is 85.1 Å². The molecule has 1 saturated heterocycles. The molecule has 2 aliphatic rings. The van der Waals surface area contributed by atoms with E-state index in [1.165, 1.54) is 11.1 Å². The van der Waals surface area contributed by atoms with E-state index in [2.05, 4.69) is 62.6 Å². The van der Waals surface area contributed by atoms with Gasteiger partial charge in [-0.25, -0.2) is 4.79 Å². The molecular formula is C35H42N6O2. The molecule has 0 unspecified atom stereocenters. The molecule has 0 saturated carbocycles. The highest BCUT2D eigenvalue weighted by Crippen LogP contribution is 2.33. The summed E-state index contributed by atoms with van der Waals surface area (Å²) in [4.78, 5) is 40.2. The van der Waals surface area contributed by atoms with E-state index in [1.54, 1.807) is 0 Å². The molecule has 0 spiro atoms. The zero-order valence-electron chi connectivity index (χ0n) is 25.2. The molecule has 224 valence electrons. The van der Waals surface area contributed by atoms with Crippen molar-refractivity contribution in [2.45, 2.75) is 31.3 Å². The molecule has 2 atom stereocenters. The number of hydrogen-bond donors (Lipinski definition) is 2. The third-order valence-corrected chi connectivity index (χ3v) is 8.81. The van der Waals surface area contributed by atoms with E-state index in [0.717, 1.165) is 54.6 Å². The van der Waals surface area contributed by atoms with Gasteiger partial charge in [0.1, 0.15) is 6.04 Å². The van der Waals surface area contributed by atoms with Gasteiger partial charge in [0.15, 0.2) is 0 Å². The van der Waals surface area contributed by atoms with Crippen molar-refractivity contribution in [3.63, 3.8) is 0 Å². The van der Waals surface area contributed by atoms with Crippen LogP contribution in [0, 0.1) is 0 Å². The zero-order chi connectivity index (χ0) is 29.8. The van der Waals surface area contributed by atoms with Gasteiger partial charge in [0, 0.05) is 74.5 Å². The minimum atomic E-state index is -0.734. The normalized spacial score (nSPS) is 17.1. The Labute approximate surface area is 254 Å². The quantitative estimate of drug-likeness (QED) is 0.318. The van der Waals surface area contributed by atoms with Crippen LogP contribution in [0.1, 0.15) is 29.0 Å². The number of fused-ring (bicyclic) bond motifs is 2. The van der Waals surface area contributed by atoms with Crippen LogP contribution in [-0.4, -0.2) is 91.0 Å². The first-order chi connectivity index (χ1) is 21.0. The van der Waals surface area contributed by atoms with Crippen molar-refractivity contribution in [3.05, 3.63) is 102 Å². The van der Waals surface area contributed by atoms with Crippen molar-refractivity contribution in [2.24, 2.45) is 0 Å². The SMILES string of the molecule is CN(C)C[C@@H](c1c[nH]c2ccccc12)[C@@H](NC(=O)N1CCN(Cc2ccccc2)CC1)C(=O)N1CCCc2ccccc21. The molecule has 43 heavy (non-hydrogen) atoms. The highest BCUT2D eigenvalue weighted by Gasteiger charge is 2.38.